The van der Waals surface area contributed by atoms with E-state index in [1.54, 1.807) is 18.3 Å². The molecule has 0 saturated heterocycles. The third-order valence-electron chi connectivity index (χ3n) is 3.78. The standard InChI is InChI=1S/C17H16N4O/c1-11(20-16-6-2-12(9-18)10-19-16)13-3-5-15-14(8-13)4-7-17(22)21-15/h2-3,5-6,8,10-11H,4,7H2,1H3,(H,19,20)(H,21,22)/t11-/m1/s1. The average Bonchev–Trinajstić information content (AvgIpc) is 2.55. The van der Waals surface area contributed by atoms with Crippen LogP contribution in [0.15, 0.2) is 36.5 Å². The SMILES string of the molecule is C[C@@H](Nc1ccc(C#N)cn1)c1ccc2c(c1)CCC(=O)N2. The van der Waals surface area contributed by atoms with E-state index < -0.39 is 0 Å². The number of rotatable bonds is 3. The maximum absolute atomic E-state index is 11.4. The van der Waals surface area contributed by atoms with E-state index >= 15 is 0 Å². The van der Waals surface area contributed by atoms with Gasteiger partial charge in [0.05, 0.1) is 5.56 Å². The highest BCUT2D eigenvalue weighted by Crippen LogP contribution is 2.27. The summed E-state index contributed by atoms with van der Waals surface area (Å²) in [5.41, 5.74) is 3.76. The van der Waals surface area contributed by atoms with Gasteiger partial charge in [-0.1, -0.05) is 12.1 Å². The summed E-state index contributed by atoms with van der Waals surface area (Å²) in [6.45, 7) is 2.06. The van der Waals surface area contributed by atoms with Gasteiger partial charge in [-0.05, 0) is 42.7 Å². The van der Waals surface area contributed by atoms with Crippen LogP contribution >= 0.6 is 0 Å². The molecular weight excluding hydrogens is 276 g/mol. The van der Waals surface area contributed by atoms with Crippen LogP contribution in [0.3, 0.4) is 0 Å². The second-order valence-electron chi connectivity index (χ2n) is 5.37. The number of anilines is 2. The molecule has 1 aromatic carbocycles. The van der Waals surface area contributed by atoms with Gasteiger partial charge in [0.2, 0.25) is 5.91 Å². The van der Waals surface area contributed by atoms with E-state index in [-0.39, 0.29) is 11.9 Å². The number of aromatic nitrogens is 1. The normalized spacial score (nSPS) is 14.5. The van der Waals surface area contributed by atoms with Gasteiger partial charge >= 0.3 is 0 Å². The molecule has 0 fully saturated rings. The molecule has 1 aliphatic heterocycles. The van der Waals surface area contributed by atoms with Gasteiger partial charge in [0.1, 0.15) is 11.9 Å². The molecule has 1 aliphatic rings. The molecule has 110 valence electrons. The summed E-state index contributed by atoms with van der Waals surface area (Å²) < 4.78 is 0. The second kappa shape index (κ2) is 5.86. The lowest BCUT2D eigenvalue weighted by Crippen LogP contribution is -2.19. The molecule has 3 rings (SSSR count). The molecule has 0 unspecified atom stereocenters. The van der Waals surface area contributed by atoms with Gasteiger partial charge in [0.15, 0.2) is 0 Å². The Hall–Kier alpha value is -2.87. The fourth-order valence-electron chi connectivity index (χ4n) is 2.52. The minimum Gasteiger partial charge on any atom is -0.364 e. The number of amides is 1. The lowest BCUT2D eigenvalue weighted by molar-refractivity contribution is -0.116. The second-order valence-corrected chi connectivity index (χ2v) is 5.37. The molecule has 0 saturated carbocycles. The Morgan fingerprint density at radius 2 is 2.18 bits per heavy atom. The summed E-state index contributed by atoms with van der Waals surface area (Å²) in [6.07, 6.45) is 2.86. The minimum atomic E-state index is 0.0770. The molecular formula is C17H16N4O. The first kappa shape index (κ1) is 14.1. The number of aryl methyl sites for hydroxylation is 1. The van der Waals surface area contributed by atoms with Crippen LogP contribution in [0.5, 0.6) is 0 Å². The molecule has 1 aromatic heterocycles. The van der Waals surface area contributed by atoms with Crippen LogP contribution in [-0.2, 0) is 11.2 Å². The molecule has 0 bridgehead atoms. The van der Waals surface area contributed by atoms with Crippen molar-refractivity contribution in [1.29, 1.82) is 5.26 Å². The van der Waals surface area contributed by atoms with Crippen molar-refractivity contribution in [3.8, 4) is 6.07 Å². The number of nitrogens with one attached hydrogen (secondary N) is 2. The summed E-state index contributed by atoms with van der Waals surface area (Å²) in [5.74, 6) is 0.811. The largest absolute Gasteiger partial charge is 0.364 e. The smallest absolute Gasteiger partial charge is 0.224 e. The van der Waals surface area contributed by atoms with Crippen molar-refractivity contribution in [2.45, 2.75) is 25.8 Å². The van der Waals surface area contributed by atoms with E-state index in [1.807, 2.05) is 12.1 Å². The zero-order valence-electron chi connectivity index (χ0n) is 12.3. The highest BCUT2D eigenvalue weighted by molar-refractivity contribution is 5.93. The topological polar surface area (TPSA) is 77.8 Å². The van der Waals surface area contributed by atoms with Gasteiger partial charge in [0.25, 0.3) is 0 Å². The predicted octanol–water partition coefficient (Wildman–Crippen LogP) is 3.01. The zero-order chi connectivity index (χ0) is 15.5. The Labute approximate surface area is 129 Å². The van der Waals surface area contributed by atoms with Gasteiger partial charge in [-0.25, -0.2) is 4.98 Å². The van der Waals surface area contributed by atoms with Crippen molar-refractivity contribution in [3.05, 3.63) is 53.2 Å². The number of pyridine rings is 1. The Morgan fingerprint density at radius 1 is 1.32 bits per heavy atom. The number of benzene rings is 1. The van der Waals surface area contributed by atoms with E-state index in [0.29, 0.717) is 12.0 Å². The van der Waals surface area contributed by atoms with Gasteiger partial charge in [-0.15, -0.1) is 0 Å². The molecule has 5 nitrogen and oxygen atoms in total. The first-order valence-electron chi connectivity index (χ1n) is 7.21. The molecule has 22 heavy (non-hydrogen) atoms. The molecule has 0 radical (unpaired) electrons. The highest BCUT2D eigenvalue weighted by atomic mass is 16.1. The highest BCUT2D eigenvalue weighted by Gasteiger charge is 2.16. The number of carbonyl (C=O) groups excluding carboxylic acids is 1. The predicted molar refractivity (Wildman–Crippen MR) is 84.4 cm³/mol. The number of hydrogen-bond acceptors (Lipinski definition) is 4. The molecule has 1 atom stereocenters. The van der Waals surface area contributed by atoms with Gasteiger partial charge in [-0.2, -0.15) is 5.26 Å². The molecule has 2 aromatic rings. The van der Waals surface area contributed by atoms with E-state index in [2.05, 4.69) is 34.7 Å². The Morgan fingerprint density at radius 3 is 2.91 bits per heavy atom. The van der Waals surface area contributed by atoms with E-state index in [9.17, 15) is 4.79 Å². The van der Waals surface area contributed by atoms with Gasteiger partial charge < -0.3 is 10.6 Å². The molecule has 0 spiro atoms. The lowest BCUT2D eigenvalue weighted by atomic mass is 9.98. The minimum absolute atomic E-state index is 0.0770. The molecule has 1 amide bonds. The summed E-state index contributed by atoms with van der Waals surface area (Å²) >= 11 is 0. The number of fused-ring (bicyclic) bond motifs is 1. The third kappa shape index (κ3) is 2.91. The Bertz CT molecular complexity index is 746. The van der Waals surface area contributed by atoms with Crippen molar-refractivity contribution < 1.29 is 4.79 Å². The fourth-order valence-corrected chi connectivity index (χ4v) is 2.52. The molecule has 5 heteroatoms. The van der Waals surface area contributed by atoms with Crippen LogP contribution in [0.1, 0.15) is 36.1 Å². The monoisotopic (exact) mass is 292 g/mol. The van der Waals surface area contributed by atoms with E-state index in [1.165, 1.54) is 5.56 Å². The Balaban J connectivity index is 1.76. The third-order valence-corrected chi connectivity index (χ3v) is 3.78. The van der Waals surface area contributed by atoms with Crippen molar-refractivity contribution in [3.63, 3.8) is 0 Å². The fraction of sp³-hybridized carbons (Fsp3) is 0.235. The summed E-state index contributed by atoms with van der Waals surface area (Å²) in [7, 11) is 0. The first-order valence-corrected chi connectivity index (χ1v) is 7.21. The van der Waals surface area contributed by atoms with Gasteiger partial charge in [0, 0.05) is 24.3 Å². The lowest BCUT2D eigenvalue weighted by Gasteiger charge is -2.20. The zero-order valence-corrected chi connectivity index (χ0v) is 12.3. The van der Waals surface area contributed by atoms with Crippen LogP contribution in [0.4, 0.5) is 11.5 Å². The van der Waals surface area contributed by atoms with Crippen molar-refractivity contribution in [2.75, 3.05) is 10.6 Å². The summed E-state index contributed by atoms with van der Waals surface area (Å²) in [5, 5.41) is 15.0. The number of hydrogen-bond donors (Lipinski definition) is 2. The summed E-state index contributed by atoms with van der Waals surface area (Å²) in [4.78, 5) is 15.6. The maximum atomic E-state index is 11.4. The first-order chi connectivity index (χ1) is 10.7. The van der Waals surface area contributed by atoms with E-state index in [4.69, 9.17) is 5.26 Å². The summed E-state index contributed by atoms with van der Waals surface area (Å²) in [6, 6.07) is 11.8. The van der Waals surface area contributed by atoms with Crippen LogP contribution in [0.25, 0.3) is 0 Å². The maximum Gasteiger partial charge on any atom is 0.224 e. The number of nitrogens with zero attached hydrogens (tertiary/aromatic N) is 2. The van der Waals surface area contributed by atoms with Crippen LogP contribution in [0.2, 0.25) is 0 Å². The molecule has 0 aliphatic carbocycles. The molecule has 2 N–H and O–H groups in total. The number of nitriles is 1. The van der Waals surface area contributed by atoms with Crippen molar-refractivity contribution in [2.24, 2.45) is 0 Å². The quantitative estimate of drug-likeness (QED) is 0.911. The van der Waals surface area contributed by atoms with Gasteiger partial charge in [-0.3, -0.25) is 4.79 Å². The van der Waals surface area contributed by atoms with Crippen LogP contribution < -0.4 is 10.6 Å². The van der Waals surface area contributed by atoms with Crippen LogP contribution in [-0.4, -0.2) is 10.9 Å². The van der Waals surface area contributed by atoms with Crippen LogP contribution in [0, 0.1) is 11.3 Å². The number of carbonyl (C=O) groups is 1. The van der Waals surface area contributed by atoms with Crippen molar-refractivity contribution >= 4 is 17.4 Å². The van der Waals surface area contributed by atoms with E-state index in [0.717, 1.165) is 23.5 Å². The van der Waals surface area contributed by atoms with Crippen molar-refractivity contribution in [1.82, 2.24) is 4.98 Å². The molecule has 2 heterocycles. The average molecular weight is 292 g/mol. The Kier molecular flexibility index (Phi) is 3.75.